The van der Waals surface area contributed by atoms with Crippen molar-refractivity contribution in [1.82, 2.24) is 0 Å². The molecule has 4 rings (SSSR count). The summed E-state index contributed by atoms with van der Waals surface area (Å²) in [6.07, 6.45) is 0. The highest BCUT2D eigenvalue weighted by molar-refractivity contribution is 5.81. The molecule has 0 bridgehead atoms. The van der Waals surface area contributed by atoms with Crippen LogP contribution in [0.3, 0.4) is 0 Å². The van der Waals surface area contributed by atoms with Gasteiger partial charge < -0.3 is 17.2 Å². The van der Waals surface area contributed by atoms with Crippen molar-refractivity contribution in [3.8, 4) is 33.4 Å². The average Bonchev–Trinajstić information content (AvgIpc) is 2.84. The first-order chi connectivity index (χ1) is 14.7. The molecule has 30 heavy (non-hydrogen) atoms. The first kappa shape index (κ1) is 20.0. The predicted molar refractivity (Wildman–Crippen MR) is 126 cm³/mol. The van der Waals surface area contributed by atoms with Crippen LogP contribution in [0.5, 0.6) is 0 Å². The summed E-state index contributed by atoms with van der Waals surface area (Å²) < 4.78 is 0. The Morgan fingerprint density at radius 2 is 0.567 bits per heavy atom. The fourth-order valence-electron chi connectivity index (χ4n) is 3.63. The van der Waals surface area contributed by atoms with E-state index in [4.69, 9.17) is 17.2 Å². The Morgan fingerprint density at radius 3 is 0.767 bits per heavy atom. The van der Waals surface area contributed by atoms with E-state index in [1.807, 2.05) is 0 Å². The van der Waals surface area contributed by atoms with Crippen LogP contribution in [-0.2, 0) is 19.6 Å². The van der Waals surface area contributed by atoms with E-state index in [1.54, 1.807) is 0 Å². The second kappa shape index (κ2) is 9.06. The number of hydrogen-bond donors (Lipinski definition) is 3. The maximum Gasteiger partial charge on any atom is 0.0178 e. The third-order valence-electron chi connectivity index (χ3n) is 5.50. The molecular weight excluding hydrogens is 366 g/mol. The van der Waals surface area contributed by atoms with Crippen LogP contribution in [0.15, 0.2) is 91.0 Å². The molecule has 4 aromatic carbocycles. The minimum absolute atomic E-state index is 0.548. The molecule has 0 amide bonds. The normalized spacial score (nSPS) is 10.9. The van der Waals surface area contributed by atoms with Crippen LogP contribution in [0, 0.1) is 0 Å². The Morgan fingerprint density at radius 1 is 0.333 bits per heavy atom. The van der Waals surface area contributed by atoms with Crippen molar-refractivity contribution >= 4 is 0 Å². The molecule has 0 saturated carbocycles. The molecule has 3 nitrogen and oxygen atoms in total. The van der Waals surface area contributed by atoms with Crippen LogP contribution in [0.2, 0.25) is 0 Å². The molecule has 0 atom stereocenters. The van der Waals surface area contributed by atoms with Crippen LogP contribution in [0.4, 0.5) is 0 Å². The second-order valence-electron chi connectivity index (χ2n) is 7.50. The van der Waals surface area contributed by atoms with Crippen LogP contribution in [-0.4, -0.2) is 0 Å². The van der Waals surface area contributed by atoms with Crippen molar-refractivity contribution in [2.24, 2.45) is 17.2 Å². The van der Waals surface area contributed by atoms with Crippen LogP contribution >= 0.6 is 0 Å². The van der Waals surface area contributed by atoms with Gasteiger partial charge in [0.05, 0.1) is 0 Å². The third-order valence-corrected chi connectivity index (χ3v) is 5.50. The van der Waals surface area contributed by atoms with Gasteiger partial charge in [0.1, 0.15) is 0 Å². The Hall–Kier alpha value is -3.24. The maximum absolute atomic E-state index is 5.77. The van der Waals surface area contributed by atoms with Gasteiger partial charge in [-0.3, -0.25) is 0 Å². The summed E-state index contributed by atoms with van der Waals surface area (Å²) in [5.74, 6) is 0. The summed E-state index contributed by atoms with van der Waals surface area (Å²) in [4.78, 5) is 0. The summed E-state index contributed by atoms with van der Waals surface area (Å²) in [7, 11) is 0. The maximum atomic E-state index is 5.77. The Labute approximate surface area is 178 Å². The van der Waals surface area contributed by atoms with E-state index < -0.39 is 0 Å². The molecule has 0 aliphatic rings. The SMILES string of the molecule is NCc1ccc(-c2cc(-c3ccc(CN)cc3)cc(-c3ccc(CN)cc3)c2)cc1. The Kier molecular flexibility index (Phi) is 6.05. The van der Waals surface area contributed by atoms with E-state index in [2.05, 4.69) is 91.0 Å². The zero-order valence-corrected chi connectivity index (χ0v) is 17.0. The van der Waals surface area contributed by atoms with Gasteiger partial charge in [-0.1, -0.05) is 72.8 Å². The molecule has 0 heterocycles. The van der Waals surface area contributed by atoms with Gasteiger partial charge in [0, 0.05) is 19.6 Å². The molecule has 0 unspecified atom stereocenters. The highest BCUT2D eigenvalue weighted by atomic mass is 14.5. The smallest absolute Gasteiger partial charge is 0.0178 e. The number of hydrogen-bond acceptors (Lipinski definition) is 3. The standard InChI is InChI=1S/C27H27N3/c28-16-19-1-7-22(8-2-19)25-13-26(23-9-3-20(17-29)4-10-23)15-27(14-25)24-11-5-21(18-30)6-12-24/h1-15H,16-18,28-30H2. The van der Waals surface area contributed by atoms with Crippen LogP contribution in [0.1, 0.15) is 16.7 Å². The minimum Gasteiger partial charge on any atom is -0.326 e. The van der Waals surface area contributed by atoms with Gasteiger partial charge in [-0.15, -0.1) is 0 Å². The van der Waals surface area contributed by atoms with E-state index in [0.29, 0.717) is 19.6 Å². The molecule has 3 heteroatoms. The quantitative estimate of drug-likeness (QED) is 0.428. The lowest BCUT2D eigenvalue weighted by Gasteiger charge is -2.12. The number of benzene rings is 4. The zero-order chi connectivity index (χ0) is 20.9. The molecule has 4 aromatic rings. The van der Waals surface area contributed by atoms with Crippen molar-refractivity contribution in [2.75, 3.05) is 0 Å². The van der Waals surface area contributed by atoms with E-state index in [0.717, 1.165) is 16.7 Å². The monoisotopic (exact) mass is 393 g/mol. The van der Waals surface area contributed by atoms with Crippen molar-refractivity contribution < 1.29 is 0 Å². The Balaban J connectivity index is 1.83. The highest BCUT2D eigenvalue weighted by Gasteiger charge is 2.08. The summed E-state index contributed by atoms with van der Waals surface area (Å²) in [6, 6.07) is 32.1. The number of nitrogens with two attached hydrogens (primary N) is 3. The van der Waals surface area contributed by atoms with Crippen molar-refractivity contribution in [3.05, 3.63) is 108 Å². The first-order valence-corrected chi connectivity index (χ1v) is 10.2. The van der Waals surface area contributed by atoms with Gasteiger partial charge in [-0.05, 0) is 68.3 Å². The first-order valence-electron chi connectivity index (χ1n) is 10.2. The molecule has 0 aliphatic carbocycles. The van der Waals surface area contributed by atoms with Crippen LogP contribution < -0.4 is 17.2 Å². The van der Waals surface area contributed by atoms with Gasteiger partial charge >= 0.3 is 0 Å². The topological polar surface area (TPSA) is 78.1 Å². The van der Waals surface area contributed by atoms with E-state index >= 15 is 0 Å². The lowest BCUT2D eigenvalue weighted by atomic mass is 9.92. The van der Waals surface area contributed by atoms with Crippen molar-refractivity contribution in [1.29, 1.82) is 0 Å². The van der Waals surface area contributed by atoms with Gasteiger partial charge in [0.15, 0.2) is 0 Å². The van der Waals surface area contributed by atoms with Crippen LogP contribution in [0.25, 0.3) is 33.4 Å². The molecule has 0 radical (unpaired) electrons. The minimum atomic E-state index is 0.548. The fraction of sp³-hybridized carbons (Fsp3) is 0.111. The lowest BCUT2D eigenvalue weighted by molar-refractivity contribution is 1.07. The molecule has 0 spiro atoms. The van der Waals surface area contributed by atoms with Gasteiger partial charge in [0.25, 0.3) is 0 Å². The molecule has 0 saturated heterocycles. The molecule has 6 N–H and O–H groups in total. The van der Waals surface area contributed by atoms with E-state index in [9.17, 15) is 0 Å². The molecule has 0 fully saturated rings. The molecular formula is C27H27N3. The average molecular weight is 394 g/mol. The van der Waals surface area contributed by atoms with Gasteiger partial charge in [-0.2, -0.15) is 0 Å². The van der Waals surface area contributed by atoms with Gasteiger partial charge in [-0.25, -0.2) is 0 Å². The summed E-state index contributed by atoms with van der Waals surface area (Å²) in [5.41, 5.74) is 27.7. The largest absolute Gasteiger partial charge is 0.326 e. The highest BCUT2D eigenvalue weighted by Crippen LogP contribution is 2.33. The number of rotatable bonds is 6. The summed E-state index contributed by atoms with van der Waals surface area (Å²) in [6.45, 7) is 1.64. The zero-order valence-electron chi connectivity index (χ0n) is 17.0. The van der Waals surface area contributed by atoms with Crippen molar-refractivity contribution in [3.63, 3.8) is 0 Å². The fourth-order valence-corrected chi connectivity index (χ4v) is 3.63. The Bertz CT molecular complexity index is 954. The third kappa shape index (κ3) is 4.34. The second-order valence-corrected chi connectivity index (χ2v) is 7.50. The molecule has 0 aliphatic heterocycles. The van der Waals surface area contributed by atoms with Gasteiger partial charge in [0.2, 0.25) is 0 Å². The van der Waals surface area contributed by atoms with Crippen molar-refractivity contribution in [2.45, 2.75) is 19.6 Å². The summed E-state index contributed by atoms with van der Waals surface area (Å²) >= 11 is 0. The molecule has 150 valence electrons. The van der Waals surface area contributed by atoms with E-state index in [1.165, 1.54) is 33.4 Å². The summed E-state index contributed by atoms with van der Waals surface area (Å²) in [5, 5.41) is 0. The van der Waals surface area contributed by atoms with E-state index in [-0.39, 0.29) is 0 Å². The predicted octanol–water partition coefficient (Wildman–Crippen LogP) is 5.06. The molecule has 0 aromatic heterocycles. The lowest BCUT2D eigenvalue weighted by Crippen LogP contribution is -1.96.